The second-order valence-electron chi connectivity index (χ2n) is 2.76. The molecule has 14 heavy (non-hydrogen) atoms. The van der Waals surface area contributed by atoms with Gasteiger partial charge in [0.25, 0.3) is 0 Å². The maximum absolute atomic E-state index is 11.2. The third-order valence-corrected chi connectivity index (χ3v) is 4.69. The Morgan fingerprint density at radius 2 is 1.71 bits per heavy atom. The van der Waals surface area contributed by atoms with Crippen LogP contribution in [-0.4, -0.2) is 35.9 Å². The summed E-state index contributed by atoms with van der Waals surface area (Å²) in [6, 6.07) is 0.514. The van der Waals surface area contributed by atoms with Crippen molar-refractivity contribution in [3.63, 3.8) is 0 Å². The molecular formula is C9H18O4Si. The third-order valence-electron chi connectivity index (χ3n) is 1.96. The summed E-state index contributed by atoms with van der Waals surface area (Å²) >= 11 is 0. The molecule has 0 amide bonds. The summed E-state index contributed by atoms with van der Waals surface area (Å²) in [5, 5.41) is 0. The second-order valence-corrected chi connectivity index (χ2v) is 5.85. The largest absolute Gasteiger partial charge is 0.500 e. The van der Waals surface area contributed by atoms with Gasteiger partial charge in [-0.25, -0.2) is 0 Å². The highest BCUT2D eigenvalue weighted by Gasteiger charge is 2.37. The van der Waals surface area contributed by atoms with Gasteiger partial charge in [0.2, 0.25) is 0 Å². The zero-order chi connectivity index (χ0) is 11.0. The maximum Gasteiger partial charge on any atom is 0.500 e. The van der Waals surface area contributed by atoms with Gasteiger partial charge in [-0.1, -0.05) is 6.08 Å². The summed E-state index contributed by atoms with van der Waals surface area (Å²) in [5.41, 5.74) is 0. The monoisotopic (exact) mass is 218 g/mol. The van der Waals surface area contributed by atoms with Gasteiger partial charge in [-0.05, 0) is 13.0 Å². The molecule has 5 heteroatoms. The van der Waals surface area contributed by atoms with Gasteiger partial charge in [-0.3, -0.25) is 4.79 Å². The van der Waals surface area contributed by atoms with Gasteiger partial charge in [0, 0.05) is 33.8 Å². The van der Waals surface area contributed by atoms with Crippen molar-refractivity contribution in [2.24, 2.45) is 0 Å². The lowest BCUT2D eigenvalue weighted by molar-refractivity contribution is -0.114. The minimum atomic E-state index is -2.56. The number of hydrogen-bond acceptors (Lipinski definition) is 4. The van der Waals surface area contributed by atoms with Crippen molar-refractivity contribution in [1.82, 2.24) is 0 Å². The zero-order valence-corrected chi connectivity index (χ0v) is 10.2. The van der Waals surface area contributed by atoms with E-state index in [0.717, 1.165) is 0 Å². The number of carbonyl (C=O) groups excluding carboxylic acids is 1. The first-order chi connectivity index (χ1) is 6.64. The average Bonchev–Trinajstić information content (AvgIpc) is 2.21. The predicted octanol–water partition coefficient (Wildman–Crippen LogP) is 1.40. The number of hydrogen-bond donors (Lipinski definition) is 0. The molecule has 0 aliphatic carbocycles. The summed E-state index contributed by atoms with van der Waals surface area (Å²) in [4.78, 5) is 11.2. The van der Waals surface area contributed by atoms with Crippen LogP contribution in [0.25, 0.3) is 0 Å². The van der Waals surface area contributed by atoms with Crippen LogP contribution in [0.15, 0.2) is 12.2 Å². The van der Waals surface area contributed by atoms with Crippen molar-refractivity contribution >= 4 is 14.6 Å². The Hall–Kier alpha value is -0.493. The van der Waals surface area contributed by atoms with Crippen molar-refractivity contribution in [2.75, 3.05) is 21.3 Å². The first-order valence-electron chi connectivity index (χ1n) is 4.45. The molecule has 4 nitrogen and oxygen atoms in total. The van der Waals surface area contributed by atoms with Gasteiger partial charge < -0.3 is 13.3 Å². The minimum absolute atomic E-state index is 0.0653. The molecule has 0 N–H and O–H groups in total. The van der Waals surface area contributed by atoms with Crippen molar-refractivity contribution in [3.8, 4) is 0 Å². The van der Waals surface area contributed by atoms with Gasteiger partial charge >= 0.3 is 8.80 Å². The van der Waals surface area contributed by atoms with Gasteiger partial charge in [0.1, 0.15) is 0 Å². The molecule has 82 valence electrons. The van der Waals surface area contributed by atoms with E-state index in [4.69, 9.17) is 13.3 Å². The van der Waals surface area contributed by atoms with E-state index in [9.17, 15) is 4.79 Å². The number of ketones is 1. The summed E-state index contributed by atoms with van der Waals surface area (Å²) < 4.78 is 15.5. The molecule has 0 radical (unpaired) electrons. The van der Waals surface area contributed by atoms with Crippen molar-refractivity contribution < 1.29 is 18.1 Å². The van der Waals surface area contributed by atoms with E-state index >= 15 is 0 Å². The molecule has 0 aromatic heterocycles. The molecule has 0 aromatic carbocycles. The second kappa shape index (κ2) is 6.89. The minimum Gasteiger partial charge on any atom is -0.377 e. The lowest BCUT2D eigenvalue weighted by Gasteiger charge is -2.23. The Morgan fingerprint density at radius 3 is 2.07 bits per heavy atom. The van der Waals surface area contributed by atoms with E-state index in [0.29, 0.717) is 12.5 Å². The van der Waals surface area contributed by atoms with Gasteiger partial charge in [-0.2, -0.15) is 0 Å². The average molecular weight is 218 g/mol. The van der Waals surface area contributed by atoms with Crippen LogP contribution < -0.4 is 0 Å². The molecule has 0 atom stereocenters. The Morgan fingerprint density at radius 1 is 1.21 bits per heavy atom. The maximum atomic E-state index is 11.2. The van der Waals surface area contributed by atoms with E-state index in [2.05, 4.69) is 0 Å². The van der Waals surface area contributed by atoms with E-state index < -0.39 is 8.80 Å². The van der Waals surface area contributed by atoms with Crippen LogP contribution in [0.4, 0.5) is 0 Å². The van der Waals surface area contributed by atoms with Crippen molar-refractivity contribution in [2.45, 2.75) is 19.4 Å². The highest BCUT2D eigenvalue weighted by atomic mass is 28.4. The standard InChI is InChI=1S/C9H18O4Si/c1-5-6-9(10)7-8-14(11-2,12-3)13-4/h5-6H,7-8H2,1-4H3. The highest BCUT2D eigenvalue weighted by molar-refractivity contribution is 6.60. The summed E-state index contributed by atoms with van der Waals surface area (Å²) in [6.45, 7) is 1.81. The van der Waals surface area contributed by atoms with Crippen LogP contribution in [0.3, 0.4) is 0 Å². The van der Waals surface area contributed by atoms with Crippen LogP contribution in [-0.2, 0) is 18.1 Å². The van der Waals surface area contributed by atoms with Crippen molar-refractivity contribution in [3.05, 3.63) is 12.2 Å². The zero-order valence-electron chi connectivity index (χ0n) is 9.20. The van der Waals surface area contributed by atoms with E-state index in [1.165, 1.54) is 0 Å². The molecule has 0 saturated heterocycles. The van der Waals surface area contributed by atoms with E-state index in [1.54, 1.807) is 33.5 Å². The fourth-order valence-corrected chi connectivity index (χ4v) is 2.77. The predicted molar refractivity (Wildman–Crippen MR) is 56.0 cm³/mol. The quantitative estimate of drug-likeness (QED) is 0.478. The highest BCUT2D eigenvalue weighted by Crippen LogP contribution is 2.15. The van der Waals surface area contributed by atoms with Gasteiger partial charge in [-0.15, -0.1) is 0 Å². The molecular weight excluding hydrogens is 200 g/mol. The Kier molecular flexibility index (Phi) is 6.64. The Bertz CT molecular complexity index is 191. The molecule has 0 aliphatic rings. The van der Waals surface area contributed by atoms with Crippen LogP contribution in [0.5, 0.6) is 0 Å². The summed E-state index contributed by atoms with van der Waals surface area (Å²) in [5.74, 6) is 0.0653. The molecule has 0 rings (SSSR count). The topological polar surface area (TPSA) is 44.8 Å². The van der Waals surface area contributed by atoms with E-state index in [1.807, 2.05) is 6.92 Å². The SMILES string of the molecule is CC=CC(=O)CC[Si](OC)(OC)OC. The Labute approximate surface area is 86.2 Å². The van der Waals surface area contributed by atoms with Gasteiger partial charge in [0.05, 0.1) is 0 Å². The smallest absolute Gasteiger partial charge is 0.377 e. The molecule has 0 aliphatic heterocycles. The van der Waals surface area contributed by atoms with Gasteiger partial charge in [0.15, 0.2) is 5.78 Å². The van der Waals surface area contributed by atoms with E-state index in [-0.39, 0.29) is 5.78 Å². The lowest BCUT2D eigenvalue weighted by Crippen LogP contribution is -2.42. The third kappa shape index (κ3) is 4.14. The molecule has 0 saturated carbocycles. The number of allylic oxidation sites excluding steroid dienone is 2. The van der Waals surface area contributed by atoms with Crippen LogP contribution >= 0.6 is 0 Å². The number of rotatable bonds is 7. The molecule has 0 fully saturated rings. The summed E-state index contributed by atoms with van der Waals surface area (Å²) in [6.07, 6.45) is 3.66. The van der Waals surface area contributed by atoms with Crippen LogP contribution in [0, 0.1) is 0 Å². The van der Waals surface area contributed by atoms with Crippen molar-refractivity contribution in [1.29, 1.82) is 0 Å². The lowest BCUT2D eigenvalue weighted by atomic mass is 10.3. The fourth-order valence-electron chi connectivity index (χ4n) is 1.10. The molecule has 0 unspecified atom stereocenters. The summed E-state index contributed by atoms with van der Waals surface area (Å²) in [7, 11) is 2.06. The molecule has 0 spiro atoms. The van der Waals surface area contributed by atoms with Crippen LogP contribution in [0.2, 0.25) is 6.04 Å². The Balaban J connectivity index is 4.12. The molecule has 0 aromatic rings. The van der Waals surface area contributed by atoms with Crippen LogP contribution in [0.1, 0.15) is 13.3 Å². The first-order valence-corrected chi connectivity index (χ1v) is 6.38. The number of carbonyl (C=O) groups is 1. The normalized spacial score (nSPS) is 12.3. The molecule has 0 bridgehead atoms. The fraction of sp³-hybridized carbons (Fsp3) is 0.667. The molecule has 0 heterocycles. The first kappa shape index (κ1) is 13.5.